The molecule has 14 aromatic rings. The van der Waals surface area contributed by atoms with E-state index >= 15 is 0 Å². The number of carbonyl (C=O) groups excluding carboxylic acids is 1. The molecule has 0 saturated carbocycles. The molecular formula is C108H143F5N22O5. The molecule has 7 heterocycles. The molecule has 32 heteroatoms. The number of nitrogens with one attached hydrogen (secondary N) is 6. The van der Waals surface area contributed by atoms with Crippen LogP contribution in [0.4, 0.5) is 22.0 Å². The third-order valence-electron chi connectivity index (χ3n) is 22.8. The lowest BCUT2D eigenvalue weighted by molar-refractivity contribution is 0.0786. The van der Waals surface area contributed by atoms with Gasteiger partial charge in [-0.25, -0.2) is 22.0 Å². The first-order valence-electron chi connectivity index (χ1n) is 47.8. The maximum Gasteiger partial charge on any atom is 0.159 e. The van der Waals surface area contributed by atoms with Gasteiger partial charge in [0.05, 0.1) is 128 Å². The van der Waals surface area contributed by atoms with Gasteiger partial charge < -0.3 is 54.0 Å². The van der Waals surface area contributed by atoms with Gasteiger partial charge in [-0.2, -0.15) is 41.0 Å². The number of para-hydroxylation sites is 1. The predicted octanol–water partition coefficient (Wildman–Crippen LogP) is 20.7. The minimum Gasteiger partial charge on any atom is -0.497 e. The molecule has 0 aliphatic carbocycles. The van der Waals surface area contributed by atoms with Gasteiger partial charge >= 0.3 is 0 Å². The molecule has 1 atom stereocenters. The number of nitriles is 1. The van der Waals surface area contributed by atoms with Gasteiger partial charge in [0.15, 0.2) is 5.78 Å². The van der Waals surface area contributed by atoms with Gasteiger partial charge in [0.1, 0.15) is 40.6 Å². The summed E-state index contributed by atoms with van der Waals surface area (Å²) in [5, 5.41) is 74.5. The number of hydrogen-bond acceptors (Lipinski definition) is 20. The highest BCUT2D eigenvalue weighted by atomic mass is 19.1. The normalized spacial score (nSPS) is 11.3. The van der Waals surface area contributed by atoms with Crippen LogP contribution in [0.3, 0.4) is 0 Å². The molecule has 0 saturated heterocycles. The molecular weight excluding hydrogens is 1780 g/mol. The largest absolute Gasteiger partial charge is 0.497 e. The topological polar surface area (TPSA) is 312 Å². The second kappa shape index (κ2) is 58.8. The summed E-state index contributed by atoms with van der Waals surface area (Å²) < 4.78 is 79.9. The van der Waals surface area contributed by atoms with Crippen LogP contribution in [-0.4, -0.2) is 243 Å². The molecule has 27 nitrogen and oxygen atoms in total. The maximum atomic E-state index is 14.1. The van der Waals surface area contributed by atoms with Crippen LogP contribution < -0.4 is 9.47 Å². The fourth-order valence-electron chi connectivity index (χ4n) is 16.3. The number of H-pyrrole nitrogens is 6. The Kier molecular flexibility index (Phi) is 47.2. The fraction of sp³-hybridized carbons (Fsp3) is 0.398. The van der Waals surface area contributed by atoms with E-state index in [1.807, 2.05) is 126 Å². The fourth-order valence-corrected chi connectivity index (χ4v) is 16.3. The molecule has 14 rings (SSSR count). The third kappa shape index (κ3) is 34.8. The summed E-state index contributed by atoms with van der Waals surface area (Å²) in [4.78, 5) is 27.1. The molecule has 0 aliphatic heterocycles. The van der Waals surface area contributed by atoms with Crippen molar-refractivity contribution in [1.29, 1.82) is 5.26 Å². The summed E-state index contributed by atoms with van der Waals surface area (Å²) >= 11 is 0. The van der Waals surface area contributed by atoms with Crippen molar-refractivity contribution in [3.8, 4) is 96.4 Å². The number of aliphatic hydroxyl groups excluding tert-OH is 2. The summed E-state index contributed by atoms with van der Waals surface area (Å²) in [5.74, 6) is -0.524. The standard InChI is InChI=1S/C17H24FN3O2.C16H20N4.C16H21N3O.C15H20FN3O.C15H20FN3.C15H21N3O.C14H17F2N3/c1-3-8-20(2)10-14-9-19-21(11-16(23)12-22)17(14)13-4-6-15(18)7-5-13;1-4-7-20(3)11-14-10-18-19-16(14)15-6-5-13(9-17)8-12(15)2;1-4-8-19(3)11-15-10-17-18-16(15)14-7-5-6-13(9-14)12(2)20;1-4-7-19(2)10-11-9-17-18-15(11)13-6-5-12(20-3)8-14(13)16;1-4-7-19(3)10-12-9-17-18-15(12)13-6-5-11(2)8-14(13)16;1-4-9-18(2)11-12-10-16-17-15(12)13-7-5-6-8-14(13)19-3;1-3-4-19(2)9-11-8-17-18-14(11)10-5-12(15)7-13(16)6-10/h4-7,9,16,22-23H,3,8,10-12H2,1-2H3;5-6,8,10H,4,7,11H2,1-3H3,(H,18,19);5-7,9-10H,4,8,11H2,1-3H3,(H,17,18);5-6,8-9H,4,7,10H2,1-3H3,(H,17,18);5-6,8-9H,4,7,10H2,1-3H3,(H,17,18);5-8,10H,4,9,11H2,1-3H3,(H,16,17);5-8H,3-4,9H2,1-2H3,(H,17,18). The second-order valence-corrected chi connectivity index (χ2v) is 35.3. The van der Waals surface area contributed by atoms with E-state index in [0.717, 1.165) is 243 Å². The highest BCUT2D eigenvalue weighted by Crippen LogP contribution is 2.35. The highest BCUT2D eigenvalue weighted by Gasteiger charge is 2.23. The number of ether oxygens (including phenoxy) is 2. The first kappa shape index (κ1) is 112. The number of rotatable bonds is 41. The Labute approximate surface area is 822 Å². The van der Waals surface area contributed by atoms with Crippen LogP contribution in [0, 0.1) is 54.3 Å². The average molecular weight is 1920 g/mol. The number of halogens is 5. The Balaban J connectivity index is 0.000000200. The molecule has 0 fully saturated rings. The summed E-state index contributed by atoms with van der Waals surface area (Å²) in [7, 11) is 17.7. The van der Waals surface area contributed by atoms with E-state index in [-0.39, 0.29) is 36.4 Å². The lowest BCUT2D eigenvalue weighted by atomic mass is 10.0. The Morgan fingerprint density at radius 1 is 0.407 bits per heavy atom. The summed E-state index contributed by atoms with van der Waals surface area (Å²) in [5.41, 5.74) is 22.6. The van der Waals surface area contributed by atoms with Crippen LogP contribution >= 0.6 is 0 Å². The van der Waals surface area contributed by atoms with Crippen molar-refractivity contribution in [3.63, 3.8) is 0 Å². The van der Waals surface area contributed by atoms with E-state index in [0.29, 0.717) is 40.2 Å². The molecule has 8 N–H and O–H groups in total. The smallest absolute Gasteiger partial charge is 0.159 e. The van der Waals surface area contributed by atoms with Crippen molar-refractivity contribution < 1.29 is 46.4 Å². The van der Waals surface area contributed by atoms with Crippen LogP contribution in [0.25, 0.3) is 78.8 Å². The maximum absolute atomic E-state index is 14.1. The van der Waals surface area contributed by atoms with Crippen molar-refractivity contribution in [3.05, 3.63) is 279 Å². The van der Waals surface area contributed by atoms with Gasteiger partial charge in [0, 0.05) is 141 Å². The summed E-state index contributed by atoms with van der Waals surface area (Å²) in [6.07, 6.45) is 19.5. The number of hydrogen-bond donors (Lipinski definition) is 8. The van der Waals surface area contributed by atoms with Gasteiger partial charge in [0.25, 0.3) is 0 Å². The monoisotopic (exact) mass is 1920 g/mol. The first-order valence-corrected chi connectivity index (χ1v) is 47.8. The molecule has 0 bridgehead atoms. The number of nitrogens with zero attached hydrogens (tertiary/aromatic N) is 16. The average Bonchev–Trinajstić information content (AvgIpc) is 1.66. The van der Waals surface area contributed by atoms with Crippen LogP contribution in [-0.2, 0) is 52.4 Å². The third-order valence-corrected chi connectivity index (χ3v) is 22.8. The number of aromatic nitrogens is 14. The number of methoxy groups -OCH3 is 2. The quantitative estimate of drug-likeness (QED) is 0.0130. The molecule has 7 aromatic heterocycles. The molecule has 0 radical (unpaired) electrons. The van der Waals surface area contributed by atoms with E-state index in [1.165, 1.54) is 48.6 Å². The number of aromatic amines is 6. The Bertz CT molecular complexity index is 6030. The number of carbonyl (C=O) groups is 1. The molecule has 1 unspecified atom stereocenters. The zero-order valence-corrected chi connectivity index (χ0v) is 84.9. The van der Waals surface area contributed by atoms with Crippen LogP contribution in [0.2, 0.25) is 0 Å². The van der Waals surface area contributed by atoms with E-state index < -0.39 is 17.7 Å². The van der Waals surface area contributed by atoms with Crippen LogP contribution in [0.15, 0.2) is 189 Å². The van der Waals surface area contributed by atoms with Crippen molar-refractivity contribution in [2.24, 2.45) is 0 Å². The number of aliphatic hydroxyl groups is 2. The van der Waals surface area contributed by atoms with Crippen molar-refractivity contribution in [2.45, 2.75) is 173 Å². The zero-order chi connectivity index (χ0) is 102. The van der Waals surface area contributed by atoms with Gasteiger partial charge in [-0.05, 0) is 263 Å². The van der Waals surface area contributed by atoms with Crippen molar-refractivity contribution in [1.82, 2.24) is 105 Å². The number of aryl methyl sites for hydroxylation is 2. The summed E-state index contributed by atoms with van der Waals surface area (Å²) in [6.45, 7) is 33.1. The van der Waals surface area contributed by atoms with Gasteiger partial charge in [-0.3, -0.25) is 40.1 Å². The van der Waals surface area contributed by atoms with E-state index in [4.69, 9.17) is 19.8 Å². The predicted molar refractivity (Wildman–Crippen MR) is 548 cm³/mol. The molecule has 750 valence electrons. The molecule has 140 heavy (non-hydrogen) atoms. The first-order chi connectivity index (χ1) is 67.4. The molecule has 0 amide bonds. The van der Waals surface area contributed by atoms with E-state index in [9.17, 15) is 31.9 Å². The zero-order valence-electron chi connectivity index (χ0n) is 84.9. The second-order valence-electron chi connectivity index (χ2n) is 35.3. The minimum atomic E-state index is -0.879. The SMILES string of the molecule is CCCN(C)Cc1cn[nH]c1-c1cc(F)cc(F)c1.CCCN(C)Cc1cn[nH]c1-c1ccc(C#N)cc1C.CCCN(C)Cc1cn[nH]c1-c1ccc(C)cc1F.CCCN(C)Cc1cn[nH]c1-c1ccc(OC)cc1F.CCCN(C)Cc1cn[nH]c1-c1cccc(C(C)=O)c1.CCCN(C)Cc1cn[nH]c1-c1ccccc1OC.CCCN(C)Cc1cnn(CC(O)CO)c1-c1ccc(F)cc1. The van der Waals surface area contributed by atoms with E-state index in [1.54, 1.807) is 73.8 Å². The Hall–Kier alpha value is -12.9. The number of benzene rings is 7. The molecule has 0 aliphatic rings. The lowest BCUT2D eigenvalue weighted by Crippen LogP contribution is -2.22. The van der Waals surface area contributed by atoms with Crippen molar-refractivity contribution >= 4 is 5.78 Å². The minimum absolute atomic E-state index is 0.0796. The van der Waals surface area contributed by atoms with Gasteiger partial charge in [0.2, 0.25) is 0 Å². The van der Waals surface area contributed by atoms with Crippen molar-refractivity contribution in [2.75, 3.05) is 116 Å². The number of Topliss-reactive ketones (excluding diaryl/α,β-unsaturated/α-hetero) is 1. The van der Waals surface area contributed by atoms with Gasteiger partial charge in [-0.1, -0.05) is 90.9 Å². The van der Waals surface area contributed by atoms with E-state index in [2.05, 4.69) is 189 Å². The Morgan fingerprint density at radius 3 is 1.20 bits per heavy atom. The highest BCUT2D eigenvalue weighted by molar-refractivity contribution is 5.95. The lowest BCUT2D eigenvalue weighted by Gasteiger charge is -2.17. The Morgan fingerprint density at radius 2 is 0.800 bits per heavy atom. The van der Waals surface area contributed by atoms with Gasteiger partial charge in [-0.15, -0.1) is 0 Å². The van der Waals surface area contributed by atoms with Crippen LogP contribution in [0.5, 0.6) is 11.5 Å². The summed E-state index contributed by atoms with van der Waals surface area (Å²) in [6, 6.07) is 43.4. The van der Waals surface area contributed by atoms with Crippen LogP contribution in [0.1, 0.15) is 166 Å². The molecule has 7 aromatic carbocycles. The molecule has 0 spiro atoms. The number of ketones is 1.